The molecule has 0 bridgehead atoms. The van der Waals surface area contributed by atoms with Gasteiger partial charge in [-0.1, -0.05) is 40.9 Å². The third kappa shape index (κ3) is 3.12. The van der Waals surface area contributed by atoms with Crippen molar-refractivity contribution in [3.63, 3.8) is 0 Å². The molecule has 1 aliphatic carbocycles. The summed E-state index contributed by atoms with van der Waals surface area (Å²) >= 11 is 20.3. The van der Waals surface area contributed by atoms with E-state index in [1.54, 1.807) is 47.0 Å². The Bertz CT molecular complexity index is 1400. The molecule has 30 heavy (non-hydrogen) atoms. The molecule has 8 heteroatoms. The smallest absolute Gasteiger partial charge is 0.279 e. The van der Waals surface area contributed by atoms with Gasteiger partial charge in [0.2, 0.25) is 0 Å². The van der Waals surface area contributed by atoms with Crippen LogP contribution in [0, 0.1) is 0 Å². The standard InChI is InChI=1S/C22H15Cl3N2O2S/c23-12-7-9-13(10-8-12)27-20(28)19-14-3-1-6-18(14)30-21(19)26(22(27)29)11-15-16(24)4-2-5-17(15)25/h2,4-5,7-10H,1,3,6,11H2. The van der Waals surface area contributed by atoms with E-state index in [-0.39, 0.29) is 12.1 Å². The van der Waals surface area contributed by atoms with Crippen molar-refractivity contribution in [2.45, 2.75) is 25.8 Å². The van der Waals surface area contributed by atoms with E-state index in [4.69, 9.17) is 34.8 Å². The van der Waals surface area contributed by atoms with Gasteiger partial charge in [-0.05, 0) is 61.2 Å². The van der Waals surface area contributed by atoms with Crippen LogP contribution in [0.3, 0.4) is 0 Å². The summed E-state index contributed by atoms with van der Waals surface area (Å²) in [6, 6.07) is 11.9. The predicted molar refractivity (Wildman–Crippen MR) is 124 cm³/mol. The summed E-state index contributed by atoms with van der Waals surface area (Å²) in [6.45, 7) is 0.182. The summed E-state index contributed by atoms with van der Waals surface area (Å²) in [6.07, 6.45) is 2.79. The second-order valence-electron chi connectivity index (χ2n) is 7.22. The van der Waals surface area contributed by atoms with E-state index in [1.165, 1.54) is 20.8 Å². The zero-order valence-corrected chi connectivity index (χ0v) is 18.7. The number of aryl methyl sites for hydroxylation is 2. The van der Waals surface area contributed by atoms with Crippen LogP contribution < -0.4 is 11.2 Å². The highest BCUT2D eigenvalue weighted by Gasteiger charge is 2.25. The number of hydrogen-bond donors (Lipinski definition) is 0. The molecule has 0 N–H and O–H groups in total. The van der Waals surface area contributed by atoms with Crippen LogP contribution in [0.25, 0.3) is 15.9 Å². The minimum absolute atomic E-state index is 0.182. The topological polar surface area (TPSA) is 44.0 Å². The van der Waals surface area contributed by atoms with Crippen LogP contribution in [0.4, 0.5) is 0 Å². The first-order valence-electron chi connectivity index (χ1n) is 9.44. The maximum atomic E-state index is 13.6. The van der Waals surface area contributed by atoms with Crippen molar-refractivity contribution in [2.75, 3.05) is 0 Å². The SMILES string of the molecule is O=c1c2c3c(sc2n(Cc2c(Cl)cccc2Cl)c(=O)n1-c1ccc(Cl)cc1)CCC3. The number of benzene rings is 2. The lowest BCUT2D eigenvalue weighted by Gasteiger charge is -2.14. The summed E-state index contributed by atoms with van der Waals surface area (Å²) in [5, 5.41) is 2.12. The molecule has 4 nitrogen and oxygen atoms in total. The van der Waals surface area contributed by atoms with Gasteiger partial charge in [0.25, 0.3) is 5.56 Å². The average Bonchev–Trinajstić information content (AvgIpc) is 3.30. The third-order valence-corrected chi connectivity index (χ3v) is 7.72. The van der Waals surface area contributed by atoms with Crippen molar-refractivity contribution >= 4 is 56.4 Å². The first-order chi connectivity index (χ1) is 14.5. The Morgan fingerprint density at radius 2 is 1.63 bits per heavy atom. The minimum atomic E-state index is -0.425. The molecule has 0 atom stereocenters. The molecular formula is C22H15Cl3N2O2S. The Hall–Kier alpha value is -2.05. The molecule has 4 aromatic rings. The Labute approximate surface area is 190 Å². The van der Waals surface area contributed by atoms with Crippen molar-refractivity contribution in [1.82, 2.24) is 9.13 Å². The largest absolute Gasteiger partial charge is 0.337 e. The van der Waals surface area contributed by atoms with Crippen molar-refractivity contribution in [3.05, 3.63) is 94.4 Å². The van der Waals surface area contributed by atoms with E-state index in [9.17, 15) is 9.59 Å². The van der Waals surface area contributed by atoms with Crippen molar-refractivity contribution in [1.29, 1.82) is 0 Å². The van der Waals surface area contributed by atoms with Gasteiger partial charge < -0.3 is 0 Å². The highest BCUT2D eigenvalue weighted by atomic mass is 35.5. The highest BCUT2D eigenvalue weighted by molar-refractivity contribution is 7.19. The summed E-state index contributed by atoms with van der Waals surface area (Å²) in [7, 11) is 0. The number of rotatable bonds is 3. The molecule has 5 rings (SSSR count). The number of aromatic nitrogens is 2. The van der Waals surface area contributed by atoms with Crippen LogP contribution in [0.5, 0.6) is 0 Å². The molecule has 0 saturated carbocycles. The van der Waals surface area contributed by atoms with Crippen molar-refractivity contribution in [2.24, 2.45) is 0 Å². The van der Waals surface area contributed by atoms with Gasteiger partial charge in [0.15, 0.2) is 0 Å². The molecule has 2 aromatic carbocycles. The molecule has 0 radical (unpaired) electrons. The fourth-order valence-corrected chi connectivity index (χ4v) is 6.02. The normalized spacial score (nSPS) is 13.2. The number of halogens is 3. The summed E-state index contributed by atoms with van der Waals surface area (Å²) in [5.74, 6) is 0. The molecule has 0 fully saturated rings. The van der Waals surface area contributed by atoms with Crippen molar-refractivity contribution < 1.29 is 0 Å². The molecule has 0 unspecified atom stereocenters. The molecular weight excluding hydrogens is 463 g/mol. The van der Waals surface area contributed by atoms with Gasteiger partial charge in [0.05, 0.1) is 17.6 Å². The lowest BCUT2D eigenvalue weighted by Crippen LogP contribution is -2.39. The zero-order chi connectivity index (χ0) is 21.0. The van der Waals surface area contributed by atoms with Gasteiger partial charge in [-0.25, -0.2) is 9.36 Å². The quantitative estimate of drug-likeness (QED) is 0.379. The first kappa shape index (κ1) is 19.9. The summed E-state index contributed by atoms with van der Waals surface area (Å²) in [5.41, 5.74) is 1.47. The number of hydrogen-bond acceptors (Lipinski definition) is 3. The minimum Gasteiger partial charge on any atom is -0.279 e. The predicted octanol–water partition coefficient (Wildman–Crippen LogP) is 5.71. The van der Waals surface area contributed by atoms with Crippen LogP contribution in [0.15, 0.2) is 52.1 Å². The van der Waals surface area contributed by atoms with E-state index in [0.29, 0.717) is 36.5 Å². The molecule has 0 amide bonds. The van der Waals surface area contributed by atoms with Gasteiger partial charge in [0, 0.05) is 25.5 Å². The average molecular weight is 478 g/mol. The first-order valence-corrected chi connectivity index (χ1v) is 11.4. The van der Waals surface area contributed by atoms with Crippen LogP contribution in [0.1, 0.15) is 22.4 Å². The summed E-state index contributed by atoms with van der Waals surface area (Å²) in [4.78, 5) is 28.9. The maximum Gasteiger partial charge on any atom is 0.337 e. The lowest BCUT2D eigenvalue weighted by atomic mass is 10.2. The van der Waals surface area contributed by atoms with E-state index in [1.807, 2.05) is 0 Å². The van der Waals surface area contributed by atoms with Crippen LogP contribution in [-0.2, 0) is 19.4 Å². The Morgan fingerprint density at radius 1 is 0.933 bits per heavy atom. The molecule has 1 aliphatic rings. The summed E-state index contributed by atoms with van der Waals surface area (Å²) < 4.78 is 2.83. The second-order valence-corrected chi connectivity index (χ2v) is 9.56. The number of thiophene rings is 1. The van der Waals surface area contributed by atoms with E-state index in [2.05, 4.69) is 0 Å². The van der Waals surface area contributed by atoms with Crippen LogP contribution in [0.2, 0.25) is 15.1 Å². The molecule has 2 aromatic heterocycles. The molecule has 0 aliphatic heterocycles. The van der Waals surface area contributed by atoms with Gasteiger partial charge >= 0.3 is 5.69 Å². The monoisotopic (exact) mass is 476 g/mol. The zero-order valence-electron chi connectivity index (χ0n) is 15.6. The van der Waals surface area contributed by atoms with Crippen LogP contribution >= 0.6 is 46.1 Å². The van der Waals surface area contributed by atoms with Crippen molar-refractivity contribution in [3.8, 4) is 5.69 Å². The Morgan fingerprint density at radius 3 is 2.33 bits per heavy atom. The van der Waals surface area contributed by atoms with E-state index >= 15 is 0 Å². The van der Waals surface area contributed by atoms with Gasteiger partial charge in [-0.3, -0.25) is 9.36 Å². The highest BCUT2D eigenvalue weighted by Crippen LogP contribution is 2.36. The third-order valence-electron chi connectivity index (χ3n) is 5.45. The lowest BCUT2D eigenvalue weighted by molar-refractivity contribution is 0.719. The van der Waals surface area contributed by atoms with Gasteiger partial charge in [-0.15, -0.1) is 11.3 Å². The second kappa shape index (κ2) is 7.57. The molecule has 0 spiro atoms. The fourth-order valence-electron chi connectivity index (χ4n) is 4.01. The van der Waals surface area contributed by atoms with E-state index in [0.717, 1.165) is 24.8 Å². The van der Waals surface area contributed by atoms with Crippen LogP contribution in [-0.4, -0.2) is 9.13 Å². The van der Waals surface area contributed by atoms with E-state index < -0.39 is 5.69 Å². The van der Waals surface area contributed by atoms with Gasteiger partial charge in [0.1, 0.15) is 4.83 Å². The number of nitrogens with zero attached hydrogens (tertiary/aromatic N) is 2. The maximum absolute atomic E-state index is 13.6. The molecule has 152 valence electrons. The Balaban J connectivity index is 1.85. The van der Waals surface area contributed by atoms with Gasteiger partial charge in [-0.2, -0.15) is 0 Å². The fraction of sp³-hybridized carbons (Fsp3) is 0.182. The molecule has 2 heterocycles. The Kier molecular flexibility index (Phi) is 5.02. The number of fused-ring (bicyclic) bond motifs is 3. The molecule has 0 saturated heterocycles.